The van der Waals surface area contributed by atoms with Crippen molar-refractivity contribution in [3.8, 4) is 0 Å². The predicted octanol–water partition coefficient (Wildman–Crippen LogP) is 4.49. The first-order chi connectivity index (χ1) is 15.8. The molecule has 0 bridgehead atoms. The molecule has 3 aromatic rings. The van der Waals surface area contributed by atoms with Crippen LogP contribution in [-0.4, -0.2) is 35.8 Å². The molecule has 5 rings (SSSR count). The molecule has 0 radical (unpaired) electrons. The molecule has 0 N–H and O–H groups in total. The molecule has 164 valence electrons. The van der Waals surface area contributed by atoms with E-state index in [2.05, 4.69) is 36.4 Å². The van der Waals surface area contributed by atoms with Crippen LogP contribution in [0.1, 0.15) is 29.0 Å². The van der Waals surface area contributed by atoms with Crippen LogP contribution in [0.2, 0.25) is 0 Å². The number of carbonyl (C=O) groups excluding carboxylic acids is 1. The molecule has 32 heavy (non-hydrogen) atoms. The highest BCUT2D eigenvalue weighted by atomic mass is 16.7. The second-order valence-corrected chi connectivity index (χ2v) is 8.37. The molecule has 3 aromatic carbocycles. The fourth-order valence-corrected chi connectivity index (χ4v) is 4.70. The third kappa shape index (κ3) is 4.60. The Labute approximate surface area is 188 Å². The van der Waals surface area contributed by atoms with Gasteiger partial charge in [-0.1, -0.05) is 91.0 Å². The quantitative estimate of drug-likeness (QED) is 0.554. The van der Waals surface area contributed by atoms with Gasteiger partial charge in [0.25, 0.3) is 0 Å². The number of hydrogen-bond donors (Lipinski definition) is 0. The van der Waals surface area contributed by atoms with Gasteiger partial charge in [-0.25, -0.2) is 0 Å². The number of ether oxygens (including phenoxy) is 2. The van der Waals surface area contributed by atoms with Crippen LogP contribution in [-0.2, 0) is 32.3 Å². The summed E-state index contributed by atoms with van der Waals surface area (Å²) in [6.45, 7) is 1.46. The molecule has 2 saturated heterocycles. The first-order valence-corrected chi connectivity index (χ1v) is 11.1. The smallest absolute Gasteiger partial charge is 0.325 e. The van der Waals surface area contributed by atoms with Gasteiger partial charge in [-0.3, -0.25) is 4.79 Å². The largest absolute Gasteiger partial charge is 0.369 e. The zero-order valence-corrected chi connectivity index (χ0v) is 17.9. The molecule has 0 spiro atoms. The highest BCUT2D eigenvalue weighted by molar-refractivity contribution is 5.71. The van der Waals surface area contributed by atoms with Crippen molar-refractivity contribution in [2.45, 2.75) is 43.8 Å². The van der Waals surface area contributed by atoms with Gasteiger partial charge in [0.05, 0.1) is 32.2 Å². The van der Waals surface area contributed by atoms with Crippen molar-refractivity contribution in [3.05, 3.63) is 108 Å². The first-order valence-electron chi connectivity index (χ1n) is 11.1. The van der Waals surface area contributed by atoms with Crippen LogP contribution >= 0.6 is 0 Å². The second-order valence-electron chi connectivity index (χ2n) is 8.37. The van der Waals surface area contributed by atoms with E-state index in [-0.39, 0.29) is 30.1 Å². The van der Waals surface area contributed by atoms with Crippen LogP contribution in [0.5, 0.6) is 0 Å². The summed E-state index contributed by atoms with van der Waals surface area (Å²) in [4.78, 5) is 18.1. The number of hydrogen-bond acceptors (Lipinski definition) is 5. The van der Waals surface area contributed by atoms with E-state index in [4.69, 9.17) is 14.3 Å². The van der Waals surface area contributed by atoms with Crippen LogP contribution < -0.4 is 0 Å². The summed E-state index contributed by atoms with van der Waals surface area (Å²) in [5.74, 6) is -0.218. The summed E-state index contributed by atoms with van der Waals surface area (Å²) in [7, 11) is 0. The molecule has 0 saturated carbocycles. The number of hydroxylamine groups is 2. The van der Waals surface area contributed by atoms with Gasteiger partial charge >= 0.3 is 5.97 Å². The van der Waals surface area contributed by atoms with E-state index < -0.39 is 0 Å². The lowest BCUT2D eigenvalue weighted by Crippen LogP contribution is -2.47. The third-order valence-corrected chi connectivity index (χ3v) is 6.23. The minimum atomic E-state index is -0.225. The third-order valence-electron chi connectivity index (χ3n) is 6.23. The molecule has 0 aromatic heterocycles. The van der Waals surface area contributed by atoms with E-state index in [1.807, 2.05) is 54.6 Å². The van der Waals surface area contributed by atoms with Crippen molar-refractivity contribution in [3.63, 3.8) is 0 Å². The maximum atomic E-state index is 12.4. The second kappa shape index (κ2) is 9.65. The minimum absolute atomic E-state index is 0.0106. The Morgan fingerprint density at radius 1 is 0.781 bits per heavy atom. The van der Waals surface area contributed by atoms with Gasteiger partial charge in [0, 0.05) is 5.92 Å². The highest BCUT2D eigenvalue weighted by Gasteiger charge is 2.52. The Hall–Kier alpha value is -2.99. The van der Waals surface area contributed by atoms with Crippen LogP contribution in [0.25, 0.3) is 0 Å². The zero-order chi connectivity index (χ0) is 21.8. The van der Waals surface area contributed by atoms with Crippen molar-refractivity contribution in [1.29, 1.82) is 0 Å². The van der Waals surface area contributed by atoms with E-state index in [0.29, 0.717) is 26.2 Å². The van der Waals surface area contributed by atoms with E-state index in [1.54, 1.807) is 5.06 Å². The number of fused-ring (bicyclic) bond motifs is 1. The summed E-state index contributed by atoms with van der Waals surface area (Å²) in [6, 6.07) is 30.3. The van der Waals surface area contributed by atoms with Crippen LogP contribution in [0.4, 0.5) is 0 Å². The van der Waals surface area contributed by atoms with Gasteiger partial charge in [0.1, 0.15) is 12.2 Å². The molecular formula is C27H27NO4. The van der Waals surface area contributed by atoms with Crippen molar-refractivity contribution in [2.24, 2.45) is 0 Å². The monoisotopic (exact) mass is 429 g/mol. The van der Waals surface area contributed by atoms with Gasteiger partial charge in [-0.05, 0) is 16.7 Å². The lowest BCUT2D eigenvalue weighted by molar-refractivity contribution is -0.216. The molecule has 5 nitrogen and oxygen atoms in total. The van der Waals surface area contributed by atoms with E-state index in [0.717, 1.165) is 16.7 Å². The summed E-state index contributed by atoms with van der Waals surface area (Å²) in [5.41, 5.74) is 3.34. The lowest BCUT2D eigenvalue weighted by Gasteiger charge is -2.37. The van der Waals surface area contributed by atoms with Gasteiger partial charge in [-0.2, -0.15) is 0 Å². The van der Waals surface area contributed by atoms with Gasteiger partial charge < -0.3 is 14.3 Å². The summed E-state index contributed by atoms with van der Waals surface area (Å²) >= 11 is 0. The van der Waals surface area contributed by atoms with E-state index in [1.165, 1.54) is 0 Å². The number of carbonyl (C=O) groups is 1. The Balaban J connectivity index is 1.40. The topological polar surface area (TPSA) is 48.0 Å². The maximum absolute atomic E-state index is 12.4. The standard InChI is InChI=1S/C27H27NO4/c29-25-16-23(22-14-8-3-9-15-22)26-27(31-19-21-12-6-2-7-13-21)24(17-28(26)32-25)30-18-20-10-4-1-5-11-20/h1-15,23-24,26-27H,16-19H2/t23-,24+,26+,27-/m1/s1. The van der Waals surface area contributed by atoms with Gasteiger partial charge in [-0.15, -0.1) is 5.06 Å². The lowest BCUT2D eigenvalue weighted by atomic mass is 9.85. The normalized spacial score (nSPS) is 25.3. The van der Waals surface area contributed by atoms with Gasteiger partial charge in [0.2, 0.25) is 0 Å². The first kappa shape index (κ1) is 20.9. The molecular weight excluding hydrogens is 402 g/mol. The molecule has 2 aliphatic rings. The van der Waals surface area contributed by atoms with Crippen molar-refractivity contribution < 1.29 is 19.1 Å². The average molecular weight is 430 g/mol. The molecule has 0 amide bonds. The van der Waals surface area contributed by atoms with Gasteiger partial charge in [0.15, 0.2) is 0 Å². The highest BCUT2D eigenvalue weighted by Crippen LogP contribution is 2.40. The Bertz CT molecular complexity index is 1010. The van der Waals surface area contributed by atoms with Crippen molar-refractivity contribution >= 4 is 5.97 Å². The van der Waals surface area contributed by atoms with Crippen LogP contribution in [0.3, 0.4) is 0 Å². The fraction of sp³-hybridized carbons (Fsp3) is 0.296. The molecule has 2 fully saturated rings. The predicted molar refractivity (Wildman–Crippen MR) is 120 cm³/mol. The van der Waals surface area contributed by atoms with E-state index in [9.17, 15) is 4.79 Å². The Morgan fingerprint density at radius 3 is 1.97 bits per heavy atom. The summed E-state index contributed by atoms with van der Waals surface area (Å²) in [6.07, 6.45) is -0.0971. The Kier molecular flexibility index (Phi) is 6.30. The fourth-order valence-electron chi connectivity index (χ4n) is 4.70. The Morgan fingerprint density at radius 2 is 1.34 bits per heavy atom. The maximum Gasteiger partial charge on any atom is 0.325 e. The number of benzene rings is 3. The molecule has 5 heteroatoms. The molecule has 2 heterocycles. The molecule has 2 aliphatic heterocycles. The van der Waals surface area contributed by atoms with Crippen LogP contribution in [0.15, 0.2) is 91.0 Å². The number of rotatable bonds is 7. The zero-order valence-electron chi connectivity index (χ0n) is 17.9. The average Bonchev–Trinajstić information content (AvgIpc) is 3.19. The molecule has 0 unspecified atom stereocenters. The SMILES string of the molecule is O=C1C[C@H](c2ccccc2)[C@H]2[C@H](OCc3ccccc3)[C@@H](OCc3ccccc3)CN2O1. The minimum Gasteiger partial charge on any atom is -0.369 e. The summed E-state index contributed by atoms with van der Waals surface area (Å²) < 4.78 is 12.8. The van der Waals surface area contributed by atoms with Crippen molar-refractivity contribution in [1.82, 2.24) is 5.06 Å². The van der Waals surface area contributed by atoms with Crippen molar-refractivity contribution in [2.75, 3.05) is 6.54 Å². The molecule has 0 aliphatic carbocycles. The number of nitrogens with zero attached hydrogens (tertiary/aromatic N) is 1. The van der Waals surface area contributed by atoms with E-state index >= 15 is 0 Å². The molecule has 4 atom stereocenters. The van der Waals surface area contributed by atoms with Crippen LogP contribution in [0, 0.1) is 0 Å². The summed E-state index contributed by atoms with van der Waals surface area (Å²) in [5, 5.41) is 1.79.